The molecule has 2 N–H and O–H groups in total. The van der Waals surface area contributed by atoms with E-state index in [9.17, 15) is 0 Å². The van der Waals surface area contributed by atoms with Crippen LogP contribution >= 0.6 is 0 Å². The summed E-state index contributed by atoms with van der Waals surface area (Å²) in [6.07, 6.45) is 9.66. The van der Waals surface area contributed by atoms with Gasteiger partial charge in [-0.2, -0.15) is 0 Å². The molecule has 1 aliphatic heterocycles. The Morgan fingerprint density at radius 2 is 1.89 bits per heavy atom. The van der Waals surface area contributed by atoms with Crippen molar-refractivity contribution in [3.05, 3.63) is 0 Å². The zero-order valence-corrected chi connectivity index (χ0v) is 13.0. The Balaban J connectivity index is 1.91. The molecule has 0 aromatic heterocycles. The molecule has 112 valence electrons. The molecular formula is C16H33N3. The average Bonchev–Trinajstić information content (AvgIpc) is 2.73. The zero-order chi connectivity index (χ0) is 13.7. The lowest BCUT2D eigenvalue weighted by Crippen LogP contribution is -2.46. The minimum absolute atomic E-state index is 0.726. The molecule has 1 saturated heterocycles. The van der Waals surface area contributed by atoms with Gasteiger partial charge in [0.25, 0.3) is 0 Å². The highest BCUT2D eigenvalue weighted by atomic mass is 15.2. The van der Waals surface area contributed by atoms with E-state index in [0.29, 0.717) is 0 Å². The molecule has 3 atom stereocenters. The minimum Gasteiger partial charge on any atom is -0.330 e. The van der Waals surface area contributed by atoms with Crippen molar-refractivity contribution >= 4 is 0 Å². The summed E-state index contributed by atoms with van der Waals surface area (Å²) in [5.74, 6) is 0.726. The molecule has 3 heteroatoms. The van der Waals surface area contributed by atoms with Gasteiger partial charge in [-0.1, -0.05) is 26.2 Å². The standard InChI is InChI=1S/C16H33N3/c1-3-19-11-7-9-15(19)13-18(2)16-10-6-4-5-8-14(16)12-17/h14-16H,3-13,17H2,1-2H3. The molecule has 2 rings (SSSR count). The van der Waals surface area contributed by atoms with Crippen molar-refractivity contribution in [1.29, 1.82) is 0 Å². The van der Waals surface area contributed by atoms with Crippen LogP contribution in [0.3, 0.4) is 0 Å². The molecule has 3 nitrogen and oxygen atoms in total. The van der Waals surface area contributed by atoms with Crippen LogP contribution in [0.4, 0.5) is 0 Å². The van der Waals surface area contributed by atoms with Gasteiger partial charge in [0.2, 0.25) is 0 Å². The lowest BCUT2D eigenvalue weighted by atomic mass is 9.93. The first kappa shape index (κ1) is 15.3. The van der Waals surface area contributed by atoms with E-state index in [1.807, 2.05) is 0 Å². The molecular weight excluding hydrogens is 234 g/mol. The van der Waals surface area contributed by atoms with Crippen molar-refractivity contribution in [3.8, 4) is 0 Å². The van der Waals surface area contributed by atoms with Gasteiger partial charge in [0.05, 0.1) is 0 Å². The van der Waals surface area contributed by atoms with Gasteiger partial charge < -0.3 is 10.6 Å². The van der Waals surface area contributed by atoms with Crippen molar-refractivity contribution in [2.75, 3.05) is 33.2 Å². The number of hydrogen-bond acceptors (Lipinski definition) is 3. The van der Waals surface area contributed by atoms with Gasteiger partial charge in [-0.3, -0.25) is 4.90 Å². The maximum atomic E-state index is 6.03. The van der Waals surface area contributed by atoms with E-state index in [2.05, 4.69) is 23.8 Å². The molecule has 19 heavy (non-hydrogen) atoms. The van der Waals surface area contributed by atoms with Gasteiger partial charge in [0.15, 0.2) is 0 Å². The van der Waals surface area contributed by atoms with E-state index in [0.717, 1.165) is 24.5 Å². The monoisotopic (exact) mass is 267 g/mol. The number of nitrogens with two attached hydrogens (primary N) is 1. The predicted octanol–water partition coefficient (Wildman–Crippen LogP) is 2.31. The zero-order valence-electron chi connectivity index (χ0n) is 13.0. The molecule has 0 aromatic carbocycles. The van der Waals surface area contributed by atoms with Crippen molar-refractivity contribution in [2.45, 2.75) is 64.0 Å². The third-order valence-electron chi connectivity index (χ3n) is 5.39. The van der Waals surface area contributed by atoms with Crippen LogP contribution in [0.1, 0.15) is 51.9 Å². The van der Waals surface area contributed by atoms with Crippen molar-refractivity contribution in [2.24, 2.45) is 11.7 Å². The van der Waals surface area contributed by atoms with Gasteiger partial charge in [0.1, 0.15) is 0 Å². The summed E-state index contributed by atoms with van der Waals surface area (Å²) < 4.78 is 0. The fraction of sp³-hybridized carbons (Fsp3) is 1.00. The van der Waals surface area contributed by atoms with Gasteiger partial charge in [-0.15, -0.1) is 0 Å². The Labute approximate surface area is 119 Å². The van der Waals surface area contributed by atoms with E-state index in [-0.39, 0.29) is 0 Å². The normalized spacial score (nSPS) is 33.8. The van der Waals surface area contributed by atoms with E-state index in [4.69, 9.17) is 5.73 Å². The lowest BCUT2D eigenvalue weighted by molar-refractivity contribution is 0.124. The third-order valence-corrected chi connectivity index (χ3v) is 5.39. The minimum atomic E-state index is 0.726. The fourth-order valence-electron chi connectivity index (χ4n) is 4.21. The summed E-state index contributed by atoms with van der Waals surface area (Å²) in [7, 11) is 2.34. The molecule has 3 unspecified atom stereocenters. The molecule has 2 fully saturated rings. The molecule has 2 aliphatic rings. The molecule has 0 radical (unpaired) electrons. The topological polar surface area (TPSA) is 32.5 Å². The second-order valence-electron chi connectivity index (χ2n) is 6.57. The van der Waals surface area contributed by atoms with Crippen LogP contribution in [0, 0.1) is 5.92 Å². The van der Waals surface area contributed by atoms with Crippen LogP contribution < -0.4 is 5.73 Å². The second kappa shape index (κ2) is 7.61. The number of likely N-dealkylation sites (N-methyl/N-ethyl adjacent to an activating group) is 2. The maximum absolute atomic E-state index is 6.03. The van der Waals surface area contributed by atoms with Gasteiger partial charge in [0, 0.05) is 18.6 Å². The van der Waals surface area contributed by atoms with Gasteiger partial charge in [-0.05, 0) is 58.3 Å². The first-order valence-electron chi connectivity index (χ1n) is 8.40. The number of likely N-dealkylation sites (tertiary alicyclic amines) is 1. The smallest absolute Gasteiger partial charge is 0.0223 e. The Kier molecular flexibility index (Phi) is 6.11. The Morgan fingerprint density at radius 3 is 2.63 bits per heavy atom. The van der Waals surface area contributed by atoms with Crippen LogP contribution in [0.5, 0.6) is 0 Å². The summed E-state index contributed by atoms with van der Waals surface area (Å²) in [5.41, 5.74) is 6.03. The number of rotatable bonds is 5. The van der Waals surface area contributed by atoms with Gasteiger partial charge in [-0.25, -0.2) is 0 Å². The molecule has 1 saturated carbocycles. The summed E-state index contributed by atoms with van der Waals surface area (Å²) in [5, 5.41) is 0. The average molecular weight is 267 g/mol. The maximum Gasteiger partial charge on any atom is 0.0223 e. The van der Waals surface area contributed by atoms with Crippen molar-refractivity contribution < 1.29 is 0 Å². The van der Waals surface area contributed by atoms with E-state index >= 15 is 0 Å². The van der Waals surface area contributed by atoms with Crippen molar-refractivity contribution in [3.63, 3.8) is 0 Å². The highest BCUT2D eigenvalue weighted by Crippen LogP contribution is 2.27. The van der Waals surface area contributed by atoms with Crippen LogP contribution in [0.25, 0.3) is 0 Å². The Bertz CT molecular complexity index is 256. The number of nitrogens with zero attached hydrogens (tertiary/aromatic N) is 2. The van der Waals surface area contributed by atoms with Gasteiger partial charge >= 0.3 is 0 Å². The summed E-state index contributed by atoms with van der Waals surface area (Å²) in [4.78, 5) is 5.30. The van der Waals surface area contributed by atoms with Crippen LogP contribution in [0.2, 0.25) is 0 Å². The molecule has 0 aromatic rings. The Morgan fingerprint density at radius 1 is 1.11 bits per heavy atom. The first-order valence-corrected chi connectivity index (χ1v) is 8.40. The molecule has 1 aliphatic carbocycles. The van der Waals surface area contributed by atoms with Crippen LogP contribution in [-0.4, -0.2) is 55.1 Å². The summed E-state index contributed by atoms with van der Waals surface area (Å²) in [6.45, 7) is 6.93. The molecule has 0 amide bonds. The third kappa shape index (κ3) is 3.93. The SMILES string of the molecule is CCN1CCCC1CN(C)C1CCCCCC1CN. The molecule has 0 bridgehead atoms. The van der Waals surface area contributed by atoms with Crippen LogP contribution in [-0.2, 0) is 0 Å². The lowest BCUT2D eigenvalue weighted by Gasteiger charge is -2.36. The predicted molar refractivity (Wildman–Crippen MR) is 82.3 cm³/mol. The van der Waals surface area contributed by atoms with E-state index in [1.165, 1.54) is 64.6 Å². The summed E-state index contributed by atoms with van der Waals surface area (Å²) in [6, 6.07) is 1.52. The highest BCUT2D eigenvalue weighted by Gasteiger charge is 2.30. The van der Waals surface area contributed by atoms with Crippen molar-refractivity contribution in [1.82, 2.24) is 9.80 Å². The second-order valence-corrected chi connectivity index (χ2v) is 6.57. The quantitative estimate of drug-likeness (QED) is 0.776. The first-order chi connectivity index (χ1) is 9.26. The summed E-state index contributed by atoms with van der Waals surface area (Å²) >= 11 is 0. The van der Waals surface area contributed by atoms with E-state index in [1.54, 1.807) is 0 Å². The molecule has 0 spiro atoms. The van der Waals surface area contributed by atoms with Crippen LogP contribution in [0.15, 0.2) is 0 Å². The largest absolute Gasteiger partial charge is 0.330 e. The Hall–Kier alpha value is -0.120. The van der Waals surface area contributed by atoms with E-state index < -0.39 is 0 Å². The highest BCUT2D eigenvalue weighted by molar-refractivity contribution is 4.86. The fourth-order valence-corrected chi connectivity index (χ4v) is 4.21. The number of hydrogen-bond donors (Lipinski definition) is 1. The molecule has 1 heterocycles.